The number of benzene rings is 1. The Kier molecular flexibility index (Phi) is 3.39. The van der Waals surface area contributed by atoms with Crippen molar-refractivity contribution in [1.82, 2.24) is 0 Å². The van der Waals surface area contributed by atoms with Gasteiger partial charge >= 0.3 is 6.18 Å². The van der Waals surface area contributed by atoms with Crippen molar-refractivity contribution in [2.45, 2.75) is 12.3 Å². The number of hydrogen-bond donors (Lipinski definition) is 1. The van der Waals surface area contributed by atoms with E-state index in [4.69, 9.17) is 11.6 Å². The van der Waals surface area contributed by atoms with E-state index >= 15 is 0 Å². The molecule has 5 heteroatoms. The third-order valence-corrected chi connectivity index (χ3v) is 2.04. The van der Waals surface area contributed by atoms with Crippen LogP contribution in [0, 0.1) is 0 Å². The van der Waals surface area contributed by atoms with Gasteiger partial charge in [-0.05, 0) is 17.7 Å². The van der Waals surface area contributed by atoms with Crippen LogP contribution in [0.5, 0.6) is 0 Å². The Morgan fingerprint density at radius 2 is 2.00 bits per heavy atom. The third kappa shape index (κ3) is 2.62. The SMILES string of the molecule is O[C@H](CCl)c1cccc(C(F)(F)F)c1. The summed E-state index contributed by atoms with van der Waals surface area (Å²) in [6.45, 7) is 0. The number of halogens is 4. The predicted octanol–water partition coefficient (Wildman–Crippen LogP) is 2.98. The van der Waals surface area contributed by atoms with E-state index in [1.807, 2.05) is 0 Å². The van der Waals surface area contributed by atoms with Gasteiger partial charge in [0.15, 0.2) is 0 Å². The summed E-state index contributed by atoms with van der Waals surface area (Å²) in [6, 6.07) is 4.49. The molecule has 0 aromatic heterocycles. The van der Waals surface area contributed by atoms with E-state index in [-0.39, 0.29) is 11.4 Å². The van der Waals surface area contributed by atoms with Gasteiger partial charge in [0.2, 0.25) is 0 Å². The normalized spacial score (nSPS) is 14.1. The maximum atomic E-state index is 12.2. The summed E-state index contributed by atoms with van der Waals surface area (Å²) in [6.07, 6.45) is -5.44. The smallest absolute Gasteiger partial charge is 0.387 e. The van der Waals surface area contributed by atoms with Crippen LogP contribution >= 0.6 is 11.6 Å². The van der Waals surface area contributed by atoms with E-state index in [0.29, 0.717) is 0 Å². The van der Waals surface area contributed by atoms with Gasteiger partial charge in [0.05, 0.1) is 17.5 Å². The van der Waals surface area contributed by atoms with Crippen molar-refractivity contribution in [3.05, 3.63) is 35.4 Å². The van der Waals surface area contributed by atoms with Crippen LogP contribution in [0.25, 0.3) is 0 Å². The fourth-order valence-electron chi connectivity index (χ4n) is 1.01. The lowest BCUT2D eigenvalue weighted by molar-refractivity contribution is -0.137. The lowest BCUT2D eigenvalue weighted by Gasteiger charge is -2.11. The zero-order chi connectivity index (χ0) is 10.8. The lowest BCUT2D eigenvalue weighted by atomic mass is 10.1. The van der Waals surface area contributed by atoms with Crippen LogP contribution in [-0.4, -0.2) is 11.0 Å². The molecule has 0 fully saturated rings. The molecule has 1 aromatic rings. The van der Waals surface area contributed by atoms with E-state index in [1.165, 1.54) is 12.1 Å². The second-order valence-corrected chi connectivity index (χ2v) is 3.10. The van der Waals surface area contributed by atoms with Crippen molar-refractivity contribution in [3.8, 4) is 0 Å². The van der Waals surface area contributed by atoms with Gasteiger partial charge in [-0.2, -0.15) is 13.2 Å². The van der Waals surface area contributed by atoms with Crippen LogP contribution in [0.2, 0.25) is 0 Å². The van der Waals surface area contributed by atoms with Crippen LogP contribution in [-0.2, 0) is 6.18 Å². The lowest BCUT2D eigenvalue weighted by Crippen LogP contribution is -2.07. The van der Waals surface area contributed by atoms with Crippen LogP contribution in [0.3, 0.4) is 0 Å². The summed E-state index contributed by atoms with van der Waals surface area (Å²) in [4.78, 5) is 0. The molecule has 0 bridgehead atoms. The van der Waals surface area contributed by atoms with Gasteiger partial charge in [-0.1, -0.05) is 12.1 Å². The zero-order valence-corrected chi connectivity index (χ0v) is 7.81. The van der Waals surface area contributed by atoms with Gasteiger partial charge in [-0.25, -0.2) is 0 Å². The molecule has 0 saturated heterocycles. The summed E-state index contributed by atoms with van der Waals surface area (Å²) in [5.74, 6) is -0.124. The second-order valence-electron chi connectivity index (χ2n) is 2.79. The summed E-state index contributed by atoms with van der Waals surface area (Å²) >= 11 is 5.32. The molecule has 1 nitrogen and oxygen atoms in total. The Bertz CT molecular complexity index is 311. The predicted molar refractivity (Wildman–Crippen MR) is 47.1 cm³/mol. The third-order valence-electron chi connectivity index (χ3n) is 1.74. The highest BCUT2D eigenvalue weighted by molar-refractivity contribution is 6.18. The fraction of sp³-hybridized carbons (Fsp3) is 0.333. The molecule has 0 aliphatic carbocycles. The van der Waals surface area contributed by atoms with Crippen LogP contribution in [0.15, 0.2) is 24.3 Å². The molecule has 1 rings (SSSR count). The van der Waals surface area contributed by atoms with Gasteiger partial charge in [0, 0.05) is 0 Å². The summed E-state index contributed by atoms with van der Waals surface area (Å²) < 4.78 is 36.7. The first-order valence-corrected chi connectivity index (χ1v) is 4.40. The quantitative estimate of drug-likeness (QED) is 0.766. The summed E-state index contributed by atoms with van der Waals surface area (Å²) in [5, 5.41) is 9.22. The number of aliphatic hydroxyl groups is 1. The number of aliphatic hydroxyl groups excluding tert-OH is 1. The fourth-order valence-corrected chi connectivity index (χ4v) is 1.19. The van der Waals surface area contributed by atoms with E-state index in [0.717, 1.165) is 12.1 Å². The minimum atomic E-state index is -4.39. The van der Waals surface area contributed by atoms with Crippen molar-refractivity contribution >= 4 is 11.6 Å². The highest BCUT2D eigenvalue weighted by atomic mass is 35.5. The Labute approximate surface area is 84.1 Å². The van der Waals surface area contributed by atoms with Crippen molar-refractivity contribution < 1.29 is 18.3 Å². The number of hydrogen-bond acceptors (Lipinski definition) is 1. The molecule has 1 aromatic carbocycles. The monoisotopic (exact) mass is 224 g/mol. The molecular weight excluding hydrogens is 217 g/mol. The van der Waals surface area contributed by atoms with Crippen molar-refractivity contribution in [2.24, 2.45) is 0 Å². The molecule has 14 heavy (non-hydrogen) atoms. The molecule has 0 spiro atoms. The first-order chi connectivity index (χ1) is 6.45. The zero-order valence-electron chi connectivity index (χ0n) is 7.05. The van der Waals surface area contributed by atoms with E-state index in [1.54, 1.807) is 0 Å². The first-order valence-electron chi connectivity index (χ1n) is 3.86. The molecular formula is C9H8ClF3O. The van der Waals surface area contributed by atoms with Gasteiger partial charge in [-0.15, -0.1) is 11.6 Å². The Morgan fingerprint density at radius 3 is 2.50 bits per heavy atom. The van der Waals surface area contributed by atoms with Crippen LogP contribution in [0.4, 0.5) is 13.2 Å². The van der Waals surface area contributed by atoms with Crippen molar-refractivity contribution in [1.29, 1.82) is 0 Å². The Balaban J connectivity index is 3.01. The Morgan fingerprint density at radius 1 is 1.36 bits per heavy atom. The average molecular weight is 225 g/mol. The number of rotatable bonds is 2. The van der Waals surface area contributed by atoms with Crippen LogP contribution in [0.1, 0.15) is 17.2 Å². The van der Waals surface area contributed by atoms with Crippen LogP contribution < -0.4 is 0 Å². The molecule has 1 N–H and O–H groups in total. The van der Waals surface area contributed by atoms with Gasteiger partial charge in [-0.3, -0.25) is 0 Å². The maximum absolute atomic E-state index is 12.2. The van der Waals surface area contributed by atoms with Crippen molar-refractivity contribution in [3.63, 3.8) is 0 Å². The van der Waals surface area contributed by atoms with Gasteiger partial charge in [0.1, 0.15) is 0 Å². The molecule has 0 radical (unpaired) electrons. The van der Waals surface area contributed by atoms with Gasteiger partial charge in [0.25, 0.3) is 0 Å². The number of alkyl halides is 4. The van der Waals surface area contributed by atoms with E-state index < -0.39 is 17.8 Å². The minimum Gasteiger partial charge on any atom is -0.387 e. The highest BCUT2D eigenvalue weighted by Gasteiger charge is 2.30. The minimum absolute atomic E-state index is 0.124. The Hall–Kier alpha value is -0.740. The molecule has 0 amide bonds. The average Bonchev–Trinajstić information content (AvgIpc) is 2.15. The largest absolute Gasteiger partial charge is 0.416 e. The highest BCUT2D eigenvalue weighted by Crippen LogP contribution is 2.30. The van der Waals surface area contributed by atoms with Gasteiger partial charge < -0.3 is 5.11 Å². The summed E-state index contributed by atoms with van der Waals surface area (Å²) in [7, 11) is 0. The molecule has 0 heterocycles. The maximum Gasteiger partial charge on any atom is 0.416 e. The first kappa shape index (κ1) is 11.3. The molecule has 0 aliphatic heterocycles. The molecule has 0 unspecified atom stereocenters. The topological polar surface area (TPSA) is 20.2 Å². The molecule has 0 saturated carbocycles. The molecule has 0 aliphatic rings. The second kappa shape index (κ2) is 4.19. The van der Waals surface area contributed by atoms with E-state index in [9.17, 15) is 18.3 Å². The summed E-state index contributed by atoms with van der Waals surface area (Å²) in [5.41, 5.74) is -0.603. The van der Waals surface area contributed by atoms with E-state index in [2.05, 4.69) is 0 Å². The molecule has 78 valence electrons. The van der Waals surface area contributed by atoms with Crippen molar-refractivity contribution in [2.75, 3.05) is 5.88 Å². The standard InChI is InChI=1S/C9H8ClF3O/c10-5-8(14)6-2-1-3-7(4-6)9(11,12)13/h1-4,8,14H,5H2/t8-/m1/s1. The molecule has 1 atom stereocenters.